The van der Waals surface area contributed by atoms with Gasteiger partial charge < -0.3 is 0 Å². The van der Waals surface area contributed by atoms with Gasteiger partial charge in [-0.3, -0.25) is 0 Å². The van der Waals surface area contributed by atoms with Crippen LogP contribution in [0.1, 0.15) is 41.5 Å². The van der Waals surface area contributed by atoms with Crippen LogP contribution in [-0.2, 0) is 0 Å². The zero-order chi connectivity index (χ0) is 8.36. The molecule has 0 radical (unpaired) electrons. The van der Waals surface area contributed by atoms with E-state index in [1.54, 1.807) is 0 Å². The van der Waals surface area contributed by atoms with Crippen LogP contribution in [0.15, 0.2) is 0 Å². The first-order valence-corrected chi connectivity index (χ1v) is 4.88. The molecule has 0 amide bonds. The summed E-state index contributed by atoms with van der Waals surface area (Å²) in [7, 11) is 0. The zero-order valence-electron chi connectivity index (χ0n) is 8.06. The molecule has 0 spiro atoms. The van der Waals surface area contributed by atoms with E-state index in [0.717, 1.165) is 11.2 Å². The van der Waals surface area contributed by atoms with Crippen LogP contribution in [0.5, 0.6) is 0 Å². The molecule has 62 valence electrons. The lowest BCUT2D eigenvalue weighted by Gasteiger charge is -2.25. The molecule has 0 bridgehead atoms. The average Bonchev–Trinajstić information content (AvgIpc) is 1.60. The Morgan fingerprint density at radius 1 is 1.00 bits per heavy atom. The molecule has 0 rings (SSSR count). The molecule has 0 saturated heterocycles. The second-order valence-electron chi connectivity index (χ2n) is 4.18. The van der Waals surface area contributed by atoms with Gasteiger partial charge >= 0.3 is 0 Å². The van der Waals surface area contributed by atoms with Gasteiger partial charge in [0.05, 0.1) is 0 Å². The van der Waals surface area contributed by atoms with Gasteiger partial charge in [0, 0.05) is 10.00 Å². The van der Waals surface area contributed by atoms with Crippen LogP contribution in [0.3, 0.4) is 0 Å². The Bertz CT molecular complexity index is 89.4. The van der Waals surface area contributed by atoms with E-state index >= 15 is 0 Å². The Hall–Kier alpha value is 0.350. The molecule has 0 aliphatic heterocycles. The highest BCUT2D eigenvalue weighted by Crippen LogP contribution is 2.31. The van der Waals surface area contributed by atoms with Crippen molar-refractivity contribution in [1.82, 2.24) is 0 Å². The van der Waals surface area contributed by atoms with E-state index < -0.39 is 0 Å². The minimum absolute atomic E-state index is 0.420. The monoisotopic (exact) mass is 160 g/mol. The first kappa shape index (κ1) is 10.3. The third-order valence-electron chi connectivity index (χ3n) is 1.48. The Labute approximate surface area is 69.8 Å². The topological polar surface area (TPSA) is 0 Å². The van der Waals surface area contributed by atoms with Gasteiger partial charge in [0.1, 0.15) is 0 Å². The molecule has 0 aliphatic rings. The van der Waals surface area contributed by atoms with Gasteiger partial charge in [0.15, 0.2) is 0 Å². The molecule has 1 heteroatoms. The lowest BCUT2D eigenvalue weighted by atomic mass is 10.1. The highest BCUT2D eigenvalue weighted by Gasteiger charge is 2.17. The Kier molecular flexibility index (Phi) is 3.79. The van der Waals surface area contributed by atoms with Crippen molar-refractivity contribution in [3.63, 3.8) is 0 Å². The molecule has 1 atom stereocenters. The summed E-state index contributed by atoms with van der Waals surface area (Å²) in [6, 6.07) is 0. The minimum atomic E-state index is 0.420. The summed E-state index contributed by atoms with van der Waals surface area (Å²) < 4.78 is 0.420. The summed E-state index contributed by atoms with van der Waals surface area (Å²) in [5.41, 5.74) is 0. The molecule has 0 aromatic heterocycles. The quantitative estimate of drug-likeness (QED) is 0.595. The summed E-state index contributed by atoms with van der Waals surface area (Å²) in [6.07, 6.45) is 0. The van der Waals surface area contributed by atoms with Gasteiger partial charge in [0.2, 0.25) is 0 Å². The van der Waals surface area contributed by atoms with Gasteiger partial charge in [-0.15, -0.1) is 0 Å². The summed E-state index contributed by atoms with van der Waals surface area (Å²) in [5.74, 6) is 0.796. The zero-order valence-corrected chi connectivity index (χ0v) is 8.88. The minimum Gasteiger partial charge on any atom is -0.153 e. The van der Waals surface area contributed by atoms with E-state index in [0.29, 0.717) is 4.75 Å². The van der Waals surface area contributed by atoms with Gasteiger partial charge in [-0.05, 0) is 5.92 Å². The highest BCUT2D eigenvalue weighted by atomic mass is 32.2. The van der Waals surface area contributed by atoms with Crippen LogP contribution in [0.25, 0.3) is 0 Å². The number of hydrogen-bond donors (Lipinski definition) is 0. The second kappa shape index (κ2) is 3.66. The van der Waals surface area contributed by atoms with Gasteiger partial charge in [-0.25, -0.2) is 0 Å². The smallest absolute Gasteiger partial charge is 0.00778 e. The Morgan fingerprint density at radius 2 is 1.40 bits per heavy atom. The van der Waals surface area contributed by atoms with Crippen LogP contribution < -0.4 is 0 Å². The Morgan fingerprint density at radius 3 is 1.50 bits per heavy atom. The van der Waals surface area contributed by atoms with Gasteiger partial charge in [-0.1, -0.05) is 41.5 Å². The third kappa shape index (κ3) is 5.16. The molecule has 10 heavy (non-hydrogen) atoms. The van der Waals surface area contributed by atoms with E-state index in [2.05, 4.69) is 53.3 Å². The molecule has 0 aromatic rings. The van der Waals surface area contributed by atoms with Crippen molar-refractivity contribution in [2.45, 2.75) is 51.5 Å². The van der Waals surface area contributed by atoms with E-state index in [1.165, 1.54) is 0 Å². The van der Waals surface area contributed by atoms with Crippen molar-refractivity contribution in [1.29, 1.82) is 0 Å². The van der Waals surface area contributed by atoms with Gasteiger partial charge in [0.25, 0.3) is 0 Å². The third-order valence-corrected chi connectivity index (χ3v) is 3.10. The predicted molar refractivity (Wildman–Crippen MR) is 51.6 cm³/mol. The molecule has 0 nitrogen and oxygen atoms in total. The van der Waals surface area contributed by atoms with Crippen LogP contribution in [-0.4, -0.2) is 10.00 Å². The predicted octanol–water partition coefficient (Wildman–Crippen LogP) is 3.56. The first-order chi connectivity index (χ1) is 4.33. The highest BCUT2D eigenvalue weighted by molar-refractivity contribution is 8.01. The molecular weight excluding hydrogens is 140 g/mol. The summed E-state index contributed by atoms with van der Waals surface area (Å²) in [6.45, 7) is 13.7. The number of rotatable bonds is 2. The average molecular weight is 160 g/mol. The van der Waals surface area contributed by atoms with Crippen molar-refractivity contribution < 1.29 is 0 Å². The number of hydrogen-bond acceptors (Lipinski definition) is 1. The van der Waals surface area contributed by atoms with Crippen molar-refractivity contribution in [3.05, 3.63) is 0 Å². The maximum absolute atomic E-state index is 2.31. The fraction of sp³-hybridized carbons (Fsp3) is 1.00. The molecule has 0 N–H and O–H groups in total. The van der Waals surface area contributed by atoms with Crippen LogP contribution >= 0.6 is 11.8 Å². The Balaban J connectivity index is 3.68. The first-order valence-electron chi connectivity index (χ1n) is 4.01. The summed E-state index contributed by atoms with van der Waals surface area (Å²) >= 11 is 2.06. The molecule has 0 fully saturated rings. The molecule has 1 unspecified atom stereocenters. The van der Waals surface area contributed by atoms with Crippen molar-refractivity contribution in [3.8, 4) is 0 Å². The van der Waals surface area contributed by atoms with Crippen LogP contribution in [0.4, 0.5) is 0 Å². The maximum atomic E-state index is 2.31. The lowest BCUT2D eigenvalue weighted by molar-refractivity contribution is 0.632. The normalized spacial score (nSPS) is 15.9. The molecule has 0 aromatic carbocycles. The standard InChI is InChI=1S/C9H20S/c1-7(2)8(3)10-9(4,5)6/h7-8H,1-6H3. The van der Waals surface area contributed by atoms with E-state index in [9.17, 15) is 0 Å². The van der Waals surface area contributed by atoms with Gasteiger partial charge in [-0.2, -0.15) is 11.8 Å². The molecule has 0 aliphatic carbocycles. The summed E-state index contributed by atoms with van der Waals surface area (Å²) in [5, 5.41) is 0.778. The second-order valence-corrected chi connectivity index (χ2v) is 6.38. The maximum Gasteiger partial charge on any atom is 0.00778 e. The molecular formula is C9H20S. The molecule has 0 heterocycles. The van der Waals surface area contributed by atoms with Crippen molar-refractivity contribution >= 4 is 11.8 Å². The van der Waals surface area contributed by atoms with Crippen molar-refractivity contribution in [2.24, 2.45) is 5.92 Å². The van der Waals surface area contributed by atoms with E-state index in [4.69, 9.17) is 0 Å². The molecule has 0 saturated carbocycles. The fourth-order valence-corrected chi connectivity index (χ4v) is 2.08. The lowest BCUT2D eigenvalue weighted by Crippen LogP contribution is -2.17. The van der Waals surface area contributed by atoms with Crippen LogP contribution in [0, 0.1) is 5.92 Å². The number of thioether (sulfide) groups is 1. The van der Waals surface area contributed by atoms with Crippen LogP contribution in [0.2, 0.25) is 0 Å². The largest absolute Gasteiger partial charge is 0.153 e. The fourth-order valence-electron chi connectivity index (χ4n) is 0.694. The van der Waals surface area contributed by atoms with E-state index in [-0.39, 0.29) is 0 Å². The van der Waals surface area contributed by atoms with E-state index in [1.807, 2.05) is 0 Å². The van der Waals surface area contributed by atoms with Crippen molar-refractivity contribution in [2.75, 3.05) is 0 Å². The summed E-state index contributed by atoms with van der Waals surface area (Å²) in [4.78, 5) is 0. The SMILES string of the molecule is CC(C)C(C)SC(C)(C)C.